The molecule has 1 aromatic heterocycles. The first-order valence-corrected chi connectivity index (χ1v) is 7.06. The summed E-state index contributed by atoms with van der Waals surface area (Å²) in [7, 11) is 0. The van der Waals surface area contributed by atoms with Crippen LogP contribution in [-0.2, 0) is 0 Å². The summed E-state index contributed by atoms with van der Waals surface area (Å²) < 4.78 is 18.5. The topological polar surface area (TPSA) is 68.3 Å². The number of hydrogen-bond donors (Lipinski definition) is 2. The Morgan fingerprint density at radius 2 is 1.83 bits per heavy atom. The molecule has 116 valence electrons. The molecule has 0 unspecified atom stereocenters. The zero-order chi connectivity index (χ0) is 16.4. The molecule has 3 aromatic rings. The zero-order valence-corrected chi connectivity index (χ0v) is 12.5. The van der Waals surface area contributed by atoms with E-state index in [2.05, 4.69) is 5.32 Å². The maximum atomic E-state index is 12.9. The van der Waals surface area contributed by atoms with E-state index in [1.807, 2.05) is 13.0 Å². The van der Waals surface area contributed by atoms with Gasteiger partial charge in [-0.1, -0.05) is 6.07 Å². The Hall–Kier alpha value is -3.08. The number of carbonyl (C=O) groups excluding carboxylic acids is 1. The minimum absolute atomic E-state index is 0.170. The van der Waals surface area contributed by atoms with Crippen molar-refractivity contribution in [3.05, 3.63) is 71.7 Å². The van der Waals surface area contributed by atoms with Gasteiger partial charge >= 0.3 is 0 Å². The second-order valence-electron chi connectivity index (χ2n) is 5.20. The van der Waals surface area contributed by atoms with Gasteiger partial charge in [0.2, 0.25) is 0 Å². The van der Waals surface area contributed by atoms with Crippen LogP contribution >= 0.6 is 0 Å². The first-order chi connectivity index (χ1) is 11.0. The van der Waals surface area contributed by atoms with Crippen molar-refractivity contribution in [3.63, 3.8) is 0 Å². The highest BCUT2D eigenvalue weighted by Gasteiger charge is 2.13. The number of amides is 1. The molecule has 1 amide bonds. The molecule has 3 rings (SSSR count). The minimum Gasteiger partial charge on any atom is -0.451 e. The molecule has 0 saturated heterocycles. The van der Waals surface area contributed by atoms with Crippen LogP contribution in [0.4, 0.5) is 15.8 Å². The number of benzene rings is 2. The summed E-state index contributed by atoms with van der Waals surface area (Å²) in [5.41, 5.74) is 8.67. The lowest BCUT2D eigenvalue weighted by molar-refractivity contribution is 0.0997. The summed E-state index contributed by atoms with van der Waals surface area (Å²) in [4.78, 5) is 12.2. The quantitative estimate of drug-likeness (QED) is 0.711. The van der Waals surface area contributed by atoms with E-state index in [0.29, 0.717) is 22.7 Å². The van der Waals surface area contributed by atoms with Crippen LogP contribution in [0.25, 0.3) is 11.3 Å². The van der Waals surface area contributed by atoms with E-state index in [1.165, 1.54) is 12.1 Å². The highest BCUT2D eigenvalue weighted by atomic mass is 19.1. The normalized spacial score (nSPS) is 10.5. The highest BCUT2D eigenvalue weighted by Crippen LogP contribution is 2.23. The molecule has 23 heavy (non-hydrogen) atoms. The fraction of sp³-hybridized carbons (Fsp3) is 0.0556. The van der Waals surface area contributed by atoms with E-state index in [4.69, 9.17) is 10.2 Å². The Kier molecular flexibility index (Phi) is 3.85. The summed E-state index contributed by atoms with van der Waals surface area (Å²) in [6.07, 6.45) is 0. The molecule has 0 saturated carbocycles. The van der Waals surface area contributed by atoms with Crippen molar-refractivity contribution in [2.24, 2.45) is 0 Å². The van der Waals surface area contributed by atoms with Gasteiger partial charge in [-0.2, -0.15) is 0 Å². The van der Waals surface area contributed by atoms with Gasteiger partial charge in [0.25, 0.3) is 5.91 Å². The van der Waals surface area contributed by atoms with E-state index in [-0.39, 0.29) is 17.5 Å². The summed E-state index contributed by atoms with van der Waals surface area (Å²) in [6, 6.07) is 14.4. The molecule has 0 aliphatic rings. The van der Waals surface area contributed by atoms with Crippen LogP contribution < -0.4 is 11.1 Å². The van der Waals surface area contributed by atoms with Crippen LogP contribution in [0.1, 0.15) is 16.1 Å². The predicted molar refractivity (Wildman–Crippen MR) is 87.6 cm³/mol. The summed E-state index contributed by atoms with van der Waals surface area (Å²) in [6.45, 7) is 1.89. The number of furan rings is 1. The lowest BCUT2D eigenvalue weighted by Crippen LogP contribution is -2.11. The van der Waals surface area contributed by atoms with Gasteiger partial charge in [-0.15, -0.1) is 0 Å². The molecule has 5 heteroatoms. The standard InChI is InChI=1S/C18H15FN2O2/c1-11-2-7-14(10-15(11)20)21-18(22)17-9-8-16(23-17)12-3-5-13(19)6-4-12/h2-10H,20H2,1H3,(H,21,22). The molecule has 0 bridgehead atoms. The number of aryl methyl sites for hydroxylation is 1. The monoisotopic (exact) mass is 310 g/mol. The maximum absolute atomic E-state index is 12.9. The third-order valence-corrected chi connectivity index (χ3v) is 3.50. The van der Waals surface area contributed by atoms with Gasteiger partial charge in [-0.05, 0) is 61.0 Å². The fourth-order valence-electron chi connectivity index (χ4n) is 2.14. The average Bonchev–Trinajstić information content (AvgIpc) is 3.02. The third kappa shape index (κ3) is 3.23. The van der Waals surface area contributed by atoms with Crippen molar-refractivity contribution in [1.82, 2.24) is 0 Å². The van der Waals surface area contributed by atoms with Gasteiger partial charge in [-0.25, -0.2) is 4.39 Å². The van der Waals surface area contributed by atoms with Crippen molar-refractivity contribution in [2.75, 3.05) is 11.1 Å². The Morgan fingerprint density at radius 3 is 2.52 bits per heavy atom. The molecule has 0 aliphatic carbocycles. The van der Waals surface area contributed by atoms with Gasteiger partial charge < -0.3 is 15.5 Å². The smallest absolute Gasteiger partial charge is 0.291 e. The van der Waals surface area contributed by atoms with Crippen molar-refractivity contribution in [2.45, 2.75) is 6.92 Å². The van der Waals surface area contributed by atoms with Crippen LogP contribution in [0.2, 0.25) is 0 Å². The lowest BCUT2D eigenvalue weighted by atomic mass is 10.2. The molecular weight excluding hydrogens is 295 g/mol. The first kappa shape index (κ1) is 14.8. The van der Waals surface area contributed by atoms with E-state index in [1.54, 1.807) is 36.4 Å². The molecule has 1 heterocycles. The largest absolute Gasteiger partial charge is 0.451 e. The second kappa shape index (κ2) is 5.96. The Morgan fingerprint density at radius 1 is 1.09 bits per heavy atom. The second-order valence-corrected chi connectivity index (χ2v) is 5.20. The molecule has 0 atom stereocenters. The van der Waals surface area contributed by atoms with Crippen LogP contribution in [0.15, 0.2) is 59.0 Å². The number of rotatable bonds is 3. The van der Waals surface area contributed by atoms with E-state index < -0.39 is 0 Å². The van der Waals surface area contributed by atoms with Crippen molar-refractivity contribution >= 4 is 17.3 Å². The number of carbonyl (C=O) groups is 1. The van der Waals surface area contributed by atoms with Crippen LogP contribution in [0, 0.1) is 12.7 Å². The van der Waals surface area contributed by atoms with Crippen LogP contribution in [0.5, 0.6) is 0 Å². The Labute approximate surface area is 132 Å². The molecule has 0 fully saturated rings. The summed E-state index contributed by atoms with van der Waals surface area (Å²) >= 11 is 0. The highest BCUT2D eigenvalue weighted by molar-refractivity contribution is 6.02. The molecular formula is C18H15FN2O2. The Balaban J connectivity index is 1.78. The molecule has 4 nitrogen and oxygen atoms in total. The van der Waals surface area contributed by atoms with E-state index >= 15 is 0 Å². The molecule has 0 radical (unpaired) electrons. The number of nitrogens with two attached hydrogens (primary N) is 1. The van der Waals surface area contributed by atoms with Gasteiger partial charge in [0.15, 0.2) is 5.76 Å². The number of nitrogens with one attached hydrogen (secondary N) is 1. The number of anilines is 2. The average molecular weight is 310 g/mol. The summed E-state index contributed by atoms with van der Waals surface area (Å²) in [5.74, 6) is -0.0288. The number of hydrogen-bond acceptors (Lipinski definition) is 3. The zero-order valence-electron chi connectivity index (χ0n) is 12.5. The first-order valence-electron chi connectivity index (χ1n) is 7.06. The number of halogens is 1. The molecule has 2 aromatic carbocycles. The lowest BCUT2D eigenvalue weighted by Gasteiger charge is -2.06. The predicted octanol–water partition coefficient (Wildman–Crippen LogP) is 4.23. The van der Waals surface area contributed by atoms with E-state index in [0.717, 1.165) is 5.56 Å². The summed E-state index contributed by atoms with van der Waals surface area (Å²) in [5, 5.41) is 2.73. The Bertz CT molecular complexity index is 854. The fourth-order valence-corrected chi connectivity index (χ4v) is 2.14. The maximum Gasteiger partial charge on any atom is 0.291 e. The third-order valence-electron chi connectivity index (χ3n) is 3.50. The number of nitrogen functional groups attached to an aromatic ring is 1. The molecule has 3 N–H and O–H groups in total. The van der Waals surface area contributed by atoms with Gasteiger partial charge in [0.1, 0.15) is 11.6 Å². The van der Waals surface area contributed by atoms with E-state index in [9.17, 15) is 9.18 Å². The van der Waals surface area contributed by atoms with Crippen molar-refractivity contribution in [1.29, 1.82) is 0 Å². The van der Waals surface area contributed by atoms with Crippen molar-refractivity contribution in [3.8, 4) is 11.3 Å². The van der Waals surface area contributed by atoms with Crippen molar-refractivity contribution < 1.29 is 13.6 Å². The van der Waals surface area contributed by atoms with Gasteiger partial charge in [0.05, 0.1) is 0 Å². The SMILES string of the molecule is Cc1ccc(NC(=O)c2ccc(-c3ccc(F)cc3)o2)cc1N. The van der Waals surface area contributed by atoms with Gasteiger partial charge in [-0.3, -0.25) is 4.79 Å². The van der Waals surface area contributed by atoms with Crippen LogP contribution in [0.3, 0.4) is 0 Å². The van der Waals surface area contributed by atoms with Gasteiger partial charge in [0, 0.05) is 16.9 Å². The van der Waals surface area contributed by atoms with Crippen LogP contribution in [-0.4, -0.2) is 5.91 Å². The minimum atomic E-state index is -0.374. The molecule has 0 aliphatic heterocycles. The molecule has 0 spiro atoms.